The number of hydrogen-bond acceptors (Lipinski definition) is 6. The van der Waals surface area contributed by atoms with Crippen LogP contribution < -0.4 is 21.5 Å². The van der Waals surface area contributed by atoms with Crippen molar-refractivity contribution >= 4 is 33.8 Å². The quantitative estimate of drug-likeness (QED) is 0.544. The molecule has 4 aromatic rings. The lowest BCUT2D eigenvalue weighted by Gasteiger charge is -2.15. The Balaban J connectivity index is 1.61. The van der Waals surface area contributed by atoms with Gasteiger partial charge in [-0.05, 0) is 36.2 Å². The van der Waals surface area contributed by atoms with Gasteiger partial charge in [-0.2, -0.15) is 0 Å². The summed E-state index contributed by atoms with van der Waals surface area (Å²) in [5.41, 5.74) is 3.41. The first kappa shape index (κ1) is 15.1. The second-order valence-electron chi connectivity index (χ2n) is 5.74. The molecular formula is C19H15N3O3. The zero-order valence-corrected chi connectivity index (χ0v) is 13.5. The van der Waals surface area contributed by atoms with Crippen LogP contribution in [0.2, 0.25) is 0 Å². The van der Waals surface area contributed by atoms with Crippen LogP contribution in [-0.4, -0.2) is 4.98 Å². The third-order valence-corrected chi connectivity index (χ3v) is 4.14. The fourth-order valence-corrected chi connectivity index (χ4v) is 2.68. The summed E-state index contributed by atoms with van der Waals surface area (Å²) >= 11 is 0. The predicted molar refractivity (Wildman–Crippen MR) is 97.7 cm³/mol. The van der Waals surface area contributed by atoms with Crippen molar-refractivity contribution in [3.63, 3.8) is 0 Å². The average molecular weight is 333 g/mol. The number of aromatic nitrogens is 1. The summed E-state index contributed by atoms with van der Waals surface area (Å²) in [5, 5.41) is 6.02. The molecule has 0 aliphatic heterocycles. The minimum absolute atomic E-state index is 0.253. The van der Waals surface area contributed by atoms with E-state index in [0.717, 1.165) is 17.6 Å². The first-order chi connectivity index (χ1) is 12.2. The van der Waals surface area contributed by atoms with Gasteiger partial charge in [-0.1, -0.05) is 19.1 Å². The number of nitrogens with one attached hydrogen (secondary N) is 2. The van der Waals surface area contributed by atoms with Crippen LogP contribution in [0, 0.1) is 0 Å². The highest BCUT2D eigenvalue weighted by Crippen LogP contribution is 2.26. The molecule has 0 aliphatic carbocycles. The van der Waals surface area contributed by atoms with E-state index >= 15 is 0 Å². The molecule has 6 heteroatoms. The molecule has 1 aromatic heterocycles. The second-order valence-corrected chi connectivity index (χ2v) is 5.74. The van der Waals surface area contributed by atoms with Crippen LogP contribution in [-0.2, 0) is 6.42 Å². The molecule has 0 spiro atoms. The average Bonchev–Trinajstić information content (AvgIpc) is 3.12. The van der Waals surface area contributed by atoms with E-state index in [0.29, 0.717) is 11.3 Å². The van der Waals surface area contributed by atoms with Gasteiger partial charge in [0.1, 0.15) is 16.9 Å². The van der Waals surface area contributed by atoms with E-state index in [1.54, 1.807) is 18.2 Å². The smallest absolute Gasteiger partial charge is 0.253 e. The predicted octanol–water partition coefficient (Wildman–Crippen LogP) is 3.47. The van der Waals surface area contributed by atoms with Crippen LogP contribution in [0.4, 0.5) is 22.7 Å². The first-order valence-electron chi connectivity index (χ1n) is 7.95. The van der Waals surface area contributed by atoms with Crippen molar-refractivity contribution in [1.82, 2.24) is 4.98 Å². The summed E-state index contributed by atoms with van der Waals surface area (Å²) in [6.07, 6.45) is 2.30. The summed E-state index contributed by atoms with van der Waals surface area (Å²) < 4.78 is 5.25. The molecule has 2 N–H and O–H groups in total. The van der Waals surface area contributed by atoms with Crippen molar-refractivity contribution < 1.29 is 4.42 Å². The number of hydrogen-bond donors (Lipinski definition) is 2. The highest BCUT2D eigenvalue weighted by atomic mass is 16.3. The Labute approximate surface area is 142 Å². The number of aryl methyl sites for hydroxylation is 1. The topological polar surface area (TPSA) is 84.2 Å². The summed E-state index contributed by atoms with van der Waals surface area (Å²) in [4.78, 5) is 27.9. The van der Waals surface area contributed by atoms with Gasteiger partial charge in [0.2, 0.25) is 0 Å². The molecule has 0 saturated heterocycles. The number of oxazole rings is 1. The van der Waals surface area contributed by atoms with Gasteiger partial charge in [-0.15, -0.1) is 0 Å². The maximum absolute atomic E-state index is 11.9. The Morgan fingerprint density at radius 1 is 0.920 bits per heavy atom. The maximum Gasteiger partial charge on any atom is 0.253 e. The zero-order valence-electron chi connectivity index (χ0n) is 13.5. The van der Waals surface area contributed by atoms with Crippen molar-refractivity contribution in [2.24, 2.45) is 0 Å². The lowest BCUT2D eigenvalue weighted by molar-refractivity contribution is 0.602. The number of rotatable bonds is 5. The van der Waals surface area contributed by atoms with E-state index in [2.05, 4.69) is 22.5 Å². The Hall–Kier alpha value is -3.41. The van der Waals surface area contributed by atoms with Crippen LogP contribution >= 0.6 is 0 Å². The summed E-state index contributed by atoms with van der Waals surface area (Å²) in [5.74, 6) is 0. The summed E-state index contributed by atoms with van der Waals surface area (Å²) in [7, 11) is 0. The molecule has 4 rings (SSSR count). The van der Waals surface area contributed by atoms with Gasteiger partial charge >= 0.3 is 0 Å². The lowest BCUT2D eigenvalue weighted by atomic mass is 10.1. The molecule has 0 fully saturated rings. The molecule has 0 saturated carbocycles. The molecule has 25 heavy (non-hydrogen) atoms. The highest BCUT2D eigenvalue weighted by molar-refractivity contribution is 5.85. The van der Waals surface area contributed by atoms with Gasteiger partial charge in [0.05, 0.1) is 0 Å². The third-order valence-electron chi connectivity index (χ3n) is 4.14. The molecule has 124 valence electrons. The van der Waals surface area contributed by atoms with E-state index in [9.17, 15) is 9.59 Å². The molecular weight excluding hydrogens is 318 g/mol. The monoisotopic (exact) mass is 333 g/mol. The SMILES string of the molecule is CCc1ccc(Nc2c(Nc3ccc4ncoc4c3)c(=O)c2=O)cc1. The van der Waals surface area contributed by atoms with Crippen LogP contribution in [0.1, 0.15) is 12.5 Å². The number of anilines is 4. The largest absolute Gasteiger partial charge is 0.443 e. The van der Waals surface area contributed by atoms with Gasteiger partial charge in [0.25, 0.3) is 10.9 Å². The van der Waals surface area contributed by atoms with Crippen molar-refractivity contribution in [2.75, 3.05) is 10.6 Å². The minimum Gasteiger partial charge on any atom is -0.443 e. The van der Waals surface area contributed by atoms with Gasteiger partial charge in [-0.25, -0.2) is 4.98 Å². The Kier molecular flexibility index (Phi) is 3.57. The molecule has 0 amide bonds. The Morgan fingerprint density at radius 2 is 1.56 bits per heavy atom. The van der Waals surface area contributed by atoms with Crippen molar-refractivity contribution in [2.45, 2.75) is 13.3 Å². The van der Waals surface area contributed by atoms with Crippen molar-refractivity contribution in [3.8, 4) is 0 Å². The molecule has 0 atom stereocenters. The van der Waals surface area contributed by atoms with E-state index in [1.807, 2.05) is 24.3 Å². The van der Waals surface area contributed by atoms with Gasteiger partial charge in [-0.3, -0.25) is 9.59 Å². The first-order valence-corrected chi connectivity index (χ1v) is 7.95. The molecule has 0 aliphatic rings. The molecule has 6 nitrogen and oxygen atoms in total. The maximum atomic E-state index is 11.9. The van der Waals surface area contributed by atoms with E-state index < -0.39 is 10.9 Å². The number of benzene rings is 2. The van der Waals surface area contributed by atoms with Crippen LogP contribution in [0.5, 0.6) is 0 Å². The number of fused-ring (bicyclic) bond motifs is 1. The standard InChI is InChI=1S/C19H15N3O3/c1-2-11-3-5-12(6-4-11)21-16-17(19(24)18(16)23)22-13-7-8-14-15(9-13)25-10-20-14/h3-10,21-22H,2H2,1H3. The molecule has 0 bridgehead atoms. The highest BCUT2D eigenvalue weighted by Gasteiger charge is 2.21. The summed E-state index contributed by atoms with van der Waals surface area (Å²) in [6, 6.07) is 13.0. The Bertz CT molecular complexity index is 1120. The van der Waals surface area contributed by atoms with E-state index in [-0.39, 0.29) is 11.4 Å². The Morgan fingerprint density at radius 3 is 2.24 bits per heavy atom. The van der Waals surface area contributed by atoms with Crippen molar-refractivity contribution in [3.05, 3.63) is 74.9 Å². The van der Waals surface area contributed by atoms with E-state index in [4.69, 9.17) is 4.42 Å². The summed E-state index contributed by atoms with van der Waals surface area (Å²) in [6.45, 7) is 2.08. The van der Waals surface area contributed by atoms with Crippen LogP contribution in [0.25, 0.3) is 11.1 Å². The fourth-order valence-electron chi connectivity index (χ4n) is 2.68. The molecule has 0 unspecified atom stereocenters. The van der Waals surface area contributed by atoms with Gasteiger partial charge in [0, 0.05) is 17.4 Å². The molecule has 3 aromatic carbocycles. The van der Waals surface area contributed by atoms with Gasteiger partial charge in [0.15, 0.2) is 12.0 Å². The zero-order chi connectivity index (χ0) is 17.4. The molecule has 0 radical (unpaired) electrons. The third kappa shape index (κ3) is 2.67. The molecule has 1 heterocycles. The van der Waals surface area contributed by atoms with Crippen LogP contribution in [0.3, 0.4) is 0 Å². The van der Waals surface area contributed by atoms with Crippen LogP contribution in [0.15, 0.2) is 62.9 Å². The van der Waals surface area contributed by atoms with Gasteiger partial charge < -0.3 is 15.1 Å². The van der Waals surface area contributed by atoms with E-state index in [1.165, 1.54) is 12.0 Å². The second kappa shape index (κ2) is 5.90. The number of nitrogens with zero attached hydrogens (tertiary/aromatic N) is 1. The van der Waals surface area contributed by atoms with Crippen molar-refractivity contribution in [1.29, 1.82) is 0 Å². The lowest BCUT2D eigenvalue weighted by Crippen LogP contribution is -2.35. The normalized spacial score (nSPS) is 11.1. The fraction of sp³-hybridized carbons (Fsp3) is 0.105. The minimum atomic E-state index is -0.537.